The van der Waals surface area contributed by atoms with Gasteiger partial charge in [-0.15, -0.1) is 0 Å². The summed E-state index contributed by atoms with van der Waals surface area (Å²) >= 11 is 0. The molecule has 0 spiro atoms. The van der Waals surface area contributed by atoms with Gasteiger partial charge in [0.05, 0.1) is 12.0 Å². The number of hydrogen-bond donors (Lipinski definition) is 1. The average Bonchev–Trinajstić information content (AvgIpc) is 2.59. The minimum absolute atomic E-state index is 0.116. The monoisotopic (exact) mass is 336 g/mol. The number of benzene rings is 1. The number of carbonyl (C=O) groups is 1. The van der Waals surface area contributed by atoms with Crippen LogP contribution in [-0.4, -0.2) is 50.7 Å². The van der Waals surface area contributed by atoms with Gasteiger partial charge in [-0.05, 0) is 51.8 Å². The van der Waals surface area contributed by atoms with E-state index in [0.717, 1.165) is 39.1 Å². The first-order valence-corrected chi connectivity index (χ1v) is 8.69. The van der Waals surface area contributed by atoms with Crippen LogP contribution in [0.15, 0.2) is 24.3 Å². The summed E-state index contributed by atoms with van der Waals surface area (Å²) in [6, 6.07) is 6.50. The van der Waals surface area contributed by atoms with Gasteiger partial charge in [-0.3, -0.25) is 4.79 Å². The van der Waals surface area contributed by atoms with Gasteiger partial charge in [0.25, 0.3) is 0 Å². The second kappa shape index (κ2) is 8.58. The minimum atomic E-state index is -0.871. The van der Waals surface area contributed by atoms with Crippen molar-refractivity contribution in [3.8, 4) is 0 Å². The molecule has 5 heteroatoms. The van der Waals surface area contributed by atoms with Crippen LogP contribution >= 0.6 is 0 Å². The third-order valence-corrected chi connectivity index (χ3v) is 4.98. The van der Waals surface area contributed by atoms with Crippen molar-refractivity contribution in [1.29, 1.82) is 0 Å². The molecule has 1 N–H and O–H groups in total. The lowest BCUT2D eigenvalue weighted by atomic mass is 9.83. The molecule has 1 aliphatic rings. The Hall–Kier alpha value is -1.46. The van der Waals surface area contributed by atoms with Crippen LogP contribution in [0.1, 0.15) is 32.3 Å². The van der Waals surface area contributed by atoms with E-state index in [2.05, 4.69) is 10.2 Å². The molecule has 24 heavy (non-hydrogen) atoms. The van der Waals surface area contributed by atoms with Gasteiger partial charge in [0.1, 0.15) is 5.82 Å². The summed E-state index contributed by atoms with van der Waals surface area (Å²) in [5.74, 6) is 0.0441. The Morgan fingerprint density at radius 3 is 2.62 bits per heavy atom. The predicted octanol–water partition coefficient (Wildman–Crippen LogP) is 2.58. The Morgan fingerprint density at radius 2 is 2.00 bits per heavy atom. The van der Waals surface area contributed by atoms with E-state index in [1.165, 1.54) is 6.07 Å². The maximum absolute atomic E-state index is 14.0. The first kappa shape index (κ1) is 18.9. The molecule has 1 saturated heterocycles. The summed E-state index contributed by atoms with van der Waals surface area (Å²) in [5, 5.41) is 3.03. The van der Waals surface area contributed by atoms with E-state index < -0.39 is 5.41 Å². The fourth-order valence-corrected chi connectivity index (χ4v) is 3.18. The van der Waals surface area contributed by atoms with Gasteiger partial charge in [0.2, 0.25) is 5.91 Å². The van der Waals surface area contributed by atoms with Crippen LogP contribution in [0, 0.1) is 11.7 Å². The first-order chi connectivity index (χ1) is 11.4. The van der Waals surface area contributed by atoms with Crippen molar-refractivity contribution in [3.63, 3.8) is 0 Å². The van der Waals surface area contributed by atoms with Crippen molar-refractivity contribution in [2.24, 2.45) is 5.92 Å². The van der Waals surface area contributed by atoms with Crippen LogP contribution in [0.5, 0.6) is 0 Å². The van der Waals surface area contributed by atoms with E-state index >= 15 is 0 Å². The molecule has 0 bridgehead atoms. The van der Waals surface area contributed by atoms with Crippen LogP contribution in [0.2, 0.25) is 0 Å². The zero-order valence-electron chi connectivity index (χ0n) is 15.0. The molecule has 1 aromatic rings. The number of rotatable bonds is 7. The quantitative estimate of drug-likeness (QED) is 0.832. The van der Waals surface area contributed by atoms with E-state index in [-0.39, 0.29) is 11.7 Å². The average molecular weight is 336 g/mol. The van der Waals surface area contributed by atoms with Crippen molar-refractivity contribution >= 4 is 5.91 Å². The molecule has 1 amide bonds. The summed E-state index contributed by atoms with van der Waals surface area (Å²) < 4.78 is 19.1. The van der Waals surface area contributed by atoms with E-state index in [1.807, 2.05) is 0 Å². The van der Waals surface area contributed by atoms with E-state index in [9.17, 15) is 9.18 Å². The van der Waals surface area contributed by atoms with Crippen molar-refractivity contribution in [2.45, 2.75) is 32.1 Å². The van der Waals surface area contributed by atoms with Crippen molar-refractivity contribution in [1.82, 2.24) is 10.2 Å². The standard InChI is InChI=1S/C19H29FN2O2/c1-19(2,16-6-4-5-7-17(16)20)18(23)21-14-15-8-10-22(11-9-15)12-13-24-3/h4-7,15H,8-14H2,1-3H3,(H,21,23). The molecular formula is C19H29FN2O2. The molecule has 1 heterocycles. The van der Waals surface area contributed by atoms with Gasteiger partial charge in [-0.1, -0.05) is 18.2 Å². The third-order valence-electron chi connectivity index (χ3n) is 4.98. The number of nitrogens with one attached hydrogen (secondary N) is 1. The number of piperidine rings is 1. The Balaban J connectivity index is 1.82. The largest absolute Gasteiger partial charge is 0.383 e. The summed E-state index contributed by atoms with van der Waals surface area (Å²) in [6.45, 7) is 8.02. The van der Waals surface area contributed by atoms with Crippen molar-refractivity contribution in [3.05, 3.63) is 35.6 Å². The van der Waals surface area contributed by atoms with Crippen molar-refractivity contribution < 1.29 is 13.9 Å². The van der Waals surface area contributed by atoms with Crippen LogP contribution in [0.25, 0.3) is 0 Å². The van der Waals surface area contributed by atoms with Crippen LogP contribution in [0.4, 0.5) is 4.39 Å². The number of likely N-dealkylation sites (tertiary alicyclic amines) is 1. The number of halogens is 1. The molecule has 0 aromatic heterocycles. The first-order valence-electron chi connectivity index (χ1n) is 8.69. The van der Waals surface area contributed by atoms with E-state index in [0.29, 0.717) is 18.0 Å². The summed E-state index contributed by atoms with van der Waals surface area (Å²) in [5.41, 5.74) is -0.429. The van der Waals surface area contributed by atoms with Gasteiger partial charge in [0, 0.05) is 25.8 Å². The Labute approximate surface area is 144 Å². The van der Waals surface area contributed by atoms with Gasteiger partial charge in [-0.25, -0.2) is 4.39 Å². The lowest BCUT2D eigenvalue weighted by Gasteiger charge is -2.32. The normalized spacial score (nSPS) is 17.0. The molecule has 0 saturated carbocycles. The number of ether oxygens (including phenoxy) is 1. The second-order valence-corrected chi connectivity index (χ2v) is 7.09. The Bertz CT molecular complexity index is 540. The zero-order valence-corrected chi connectivity index (χ0v) is 15.0. The van der Waals surface area contributed by atoms with Gasteiger partial charge in [-0.2, -0.15) is 0 Å². The molecule has 1 aliphatic heterocycles. The molecule has 0 radical (unpaired) electrons. The third kappa shape index (κ3) is 4.77. The molecule has 1 aromatic carbocycles. The van der Waals surface area contributed by atoms with Crippen LogP contribution < -0.4 is 5.32 Å². The highest BCUT2D eigenvalue weighted by atomic mass is 19.1. The highest BCUT2D eigenvalue weighted by Gasteiger charge is 2.32. The molecule has 134 valence electrons. The van der Waals surface area contributed by atoms with Gasteiger partial charge >= 0.3 is 0 Å². The van der Waals surface area contributed by atoms with E-state index in [4.69, 9.17) is 4.74 Å². The molecule has 0 aliphatic carbocycles. The van der Waals surface area contributed by atoms with Gasteiger partial charge in [0.15, 0.2) is 0 Å². The lowest BCUT2D eigenvalue weighted by Crippen LogP contribution is -2.44. The Morgan fingerprint density at radius 1 is 1.33 bits per heavy atom. The van der Waals surface area contributed by atoms with E-state index in [1.54, 1.807) is 39.2 Å². The molecular weight excluding hydrogens is 307 g/mol. The highest BCUT2D eigenvalue weighted by Crippen LogP contribution is 2.26. The maximum atomic E-state index is 14.0. The fourth-order valence-electron chi connectivity index (χ4n) is 3.18. The minimum Gasteiger partial charge on any atom is -0.383 e. The molecule has 4 nitrogen and oxygen atoms in total. The predicted molar refractivity (Wildman–Crippen MR) is 93.5 cm³/mol. The molecule has 2 rings (SSSR count). The number of carbonyl (C=O) groups excluding carboxylic acids is 1. The van der Waals surface area contributed by atoms with Gasteiger partial charge < -0.3 is 15.0 Å². The lowest BCUT2D eigenvalue weighted by molar-refractivity contribution is -0.126. The summed E-state index contributed by atoms with van der Waals surface area (Å²) in [6.07, 6.45) is 2.15. The number of hydrogen-bond acceptors (Lipinski definition) is 3. The maximum Gasteiger partial charge on any atom is 0.230 e. The zero-order chi connectivity index (χ0) is 17.6. The fraction of sp³-hybridized carbons (Fsp3) is 0.632. The van der Waals surface area contributed by atoms with Crippen molar-refractivity contribution in [2.75, 3.05) is 39.9 Å². The number of nitrogens with zero attached hydrogens (tertiary/aromatic N) is 1. The molecule has 0 atom stereocenters. The topological polar surface area (TPSA) is 41.6 Å². The molecule has 1 fully saturated rings. The SMILES string of the molecule is COCCN1CCC(CNC(=O)C(C)(C)c2ccccc2F)CC1. The number of methoxy groups -OCH3 is 1. The highest BCUT2D eigenvalue weighted by molar-refractivity contribution is 5.87. The summed E-state index contributed by atoms with van der Waals surface area (Å²) in [4.78, 5) is 15.0. The second-order valence-electron chi connectivity index (χ2n) is 7.09. The Kier molecular flexibility index (Phi) is 6.75. The smallest absolute Gasteiger partial charge is 0.230 e. The van der Waals surface area contributed by atoms with Crippen LogP contribution in [-0.2, 0) is 14.9 Å². The summed E-state index contributed by atoms with van der Waals surface area (Å²) in [7, 11) is 1.72. The van der Waals surface area contributed by atoms with Crippen LogP contribution in [0.3, 0.4) is 0 Å². The number of amides is 1. The molecule has 0 unspecified atom stereocenters.